The van der Waals surface area contributed by atoms with E-state index in [0.29, 0.717) is 22.7 Å². The molecule has 1 heterocycles. The molecule has 2 aromatic rings. The van der Waals surface area contributed by atoms with E-state index in [2.05, 4.69) is 0 Å². The molecule has 0 aromatic heterocycles. The molecule has 0 saturated heterocycles. The number of fused-ring (bicyclic) bond motifs is 1. The van der Waals surface area contributed by atoms with Gasteiger partial charge in [-0.3, -0.25) is 14.5 Å². The van der Waals surface area contributed by atoms with E-state index in [1.165, 1.54) is 21.1 Å². The lowest BCUT2D eigenvalue weighted by Crippen LogP contribution is -2.49. The first-order valence-corrected chi connectivity index (χ1v) is 7.87. The molecule has 0 bridgehead atoms. The minimum absolute atomic E-state index is 0.165. The predicted molar refractivity (Wildman–Crippen MR) is 94.0 cm³/mol. The summed E-state index contributed by atoms with van der Waals surface area (Å²) in [4.78, 5) is 28.6. The quantitative estimate of drug-likeness (QED) is 0.862. The molecule has 6 nitrogen and oxygen atoms in total. The highest BCUT2D eigenvalue weighted by Gasteiger charge is 2.39. The summed E-state index contributed by atoms with van der Waals surface area (Å²) in [5.41, 5.74) is 1.78. The van der Waals surface area contributed by atoms with E-state index in [1.54, 1.807) is 29.0 Å². The minimum Gasteiger partial charge on any atom is -0.493 e. The first-order valence-electron chi connectivity index (χ1n) is 7.87. The molecule has 0 saturated carbocycles. The van der Waals surface area contributed by atoms with Crippen molar-refractivity contribution in [2.75, 3.05) is 26.2 Å². The number of hydrogen-bond donors (Lipinski definition) is 0. The van der Waals surface area contributed by atoms with Crippen LogP contribution in [0.15, 0.2) is 42.5 Å². The lowest BCUT2D eigenvalue weighted by atomic mass is 10.0. The normalized spacial score (nSPS) is 16.5. The summed E-state index contributed by atoms with van der Waals surface area (Å²) in [7, 11) is 4.72. The number of rotatable bonds is 3. The largest absolute Gasteiger partial charge is 0.493 e. The summed E-state index contributed by atoms with van der Waals surface area (Å²) in [5.74, 6) is 0.574. The van der Waals surface area contributed by atoms with Gasteiger partial charge < -0.3 is 14.4 Å². The van der Waals surface area contributed by atoms with Crippen LogP contribution < -0.4 is 14.4 Å². The number of methoxy groups -OCH3 is 2. The molecule has 6 heteroatoms. The Hall–Kier alpha value is -3.02. The Morgan fingerprint density at radius 2 is 1.64 bits per heavy atom. The van der Waals surface area contributed by atoms with Crippen LogP contribution in [-0.4, -0.2) is 38.0 Å². The predicted octanol–water partition coefficient (Wildman–Crippen LogP) is 2.84. The van der Waals surface area contributed by atoms with Gasteiger partial charge in [0.05, 0.1) is 25.5 Å². The van der Waals surface area contributed by atoms with E-state index in [-0.39, 0.29) is 11.8 Å². The number of nitrogens with zero attached hydrogens (tertiary/aromatic N) is 2. The first-order chi connectivity index (χ1) is 12.0. The van der Waals surface area contributed by atoms with Crippen molar-refractivity contribution in [2.24, 2.45) is 0 Å². The van der Waals surface area contributed by atoms with Crippen molar-refractivity contribution in [2.45, 2.75) is 13.1 Å². The van der Waals surface area contributed by atoms with Crippen LogP contribution in [0.4, 0.5) is 5.69 Å². The zero-order chi connectivity index (χ0) is 18.1. The lowest BCUT2D eigenvalue weighted by Gasteiger charge is -2.42. The molecule has 1 aliphatic heterocycles. The fourth-order valence-electron chi connectivity index (χ4n) is 3.18. The van der Waals surface area contributed by atoms with Crippen LogP contribution in [0.3, 0.4) is 0 Å². The average Bonchev–Trinajstić information content (AvgIpc) is 2.63. The summed E-state index contributed by atoms with van der Waals surface area (Å²) >= 11 is 0. The number of carbonyl (C=O) groups excluding carboxylic acids is 2. The molecule has 130 valence electrons. The molecule has 2 aromatic carbocycles. The monoisotopic (exact) mass is 340 g/mol. The molecule has 1 atom stereocenters. The van der Waals surface area contributed by atoms with E-state index in [9.17, 15) is 9.59 Å². The van der Waals surface area contributed by atoms with Gasteiger partial charge in [-0.25, -0.2) is 0 Å². The van der Waals surface area contributed by atoms with Gasteiger partial charge in [0, 0.05) is 20.0 Å². The molecule has 3 rings (SSSR count). The summed E-state index contributed by atoms with van der Waals surface area (Å²) < 4.78 is 10.6. The van der Waals surface area contributed by atoms with Crippen molar-refractivity contribution < 1.29 is 19.1 Å². The Labute approximate surface area is 146 Å². The van der Waals surface area contributed by atoms with Crippen LogP contribution in [0.25, 0.3) is 0 Å². The second kappa shape index (κ2) is 6.47. The molecule has 0 spiro atoms. The highest BCUT2D eigenvalue weighted by atomic mass is 16.5. The van der Waals surface area contributed by atoms with Crippen LogP contribution in [0.2, 0.25) is 0 Å². The van der Waals surface area contributed by atoms with Crippen LogP contribution in [0.1, 0.15) is 29.0 Å². The van der Waals surface area contributed by atoms with Crippen molar-refractivity contribution in [3.05, 3.63) is 53.6 Å². The smallest absolute Gasteiger partial charge is 0.257 e. The molecule has 0 radical (unpaired) electrons. The SMILES string of the molecule is COc1cc2c(cc1OC)N(C(C)=O)C(c1ccccc1)N(C)C2=O. The fraction of sp³-hybridized carbons (Fsp3) is 0.263. The number of amides is 2. The highest BCUT2D eigenvalue weighted by Crippen LogP contribution is 2.43. The minimum atomic E-state index is -0.517. The topological polar surface area (TPSA) is 59.1 Å². The van der Waals surface area contributed by atoms with Gasteiger partial charge in [0.15, 0.2) is 11.5 Å². The second-order valence-electron chi connectivity index (χ2n) is 5.81. The molecular formula is C19H20N2O4. The number of benzene rings is 2. The second-order valence-corrected chi connectivity index (χ2v) is 5.81. The van der Waals surface area contributed by atoms with Gasteiger partial charge in [0.1, 0.15) is 6.17 Å². The fourth-order valence-corrected chi connectivity index (χ4v) is 3.18. The lowest BCUT2D eigenvalue weighted by molar-refractivity contribution is -0.117. The maximum Gasteiger partial charge on any atom is 0.257 e. The Morgan fingerprint density at radius 3 is 2.20 bits per heavy atom. The van der Waals surface area contributed by atoms with Gasteiger partial charge in [-0.1, -0.05) is 30.3 Å². The summed E-state index contributed by atoms with van der Waals surface area (Å²) in [6.45, 7) is 1.49. The van der Waals surface area contributed by atoms with Crippen molar-refractivity contribution in [3.8, 4) is 11.5 Å². The van der Waals surface area contributed by atoms with Gasteiger partial charge in [-0.05, 0) is 11.6 Å². The van der Waals surface area contributed by atoms with Crippen LogP contribution >= 0.6 is 0 Å². The molecule has 0 aliphatic carbocycles. The van der Waals surface area contributed by atoms with Crippen LogP contribution in [0, 0.1) is 0 Å². The number of carbonyl (C=O) groups is 2. The summed E-state index contributed by atoms with van der Waals surface area (Å²) in [6, 6.07) is 12.8. The third kappa shape index (κ3) is 2.69. The van der Waals surface area contributed by atoms with Gasteiger partial charge >= 0.3 is 0 Å². The van der Waals surface area contributed by atoms with Gasteiger partial charge in [-0.15, -0.1) is 0 Å². The average molecular weight is 340 g/mol. The molecule has 25 heavy (non-hydrogen) atoms. The Balaban J connectivity index is 2.24. The molecule has 0 fully saturated rings. The van der Waals surface area contributed by atoms with Gasteiger partial charge in [-0.2, -0.15) is 0 Å². The number of anilines is 1. The third-order valence-corrected chi connectivity index (χ3v) is 4.36. The maximum atomic E-state index is 12.9. The van der Waals surface area contributed by atoms with E-state index in [1.807, 2.05) is 30.3 Å². The maximum absolute atomic E-state index is 12.9. The first kappa shape index (κ1) is 16.8. The Kier molecular flexibility index (Phi) is 4.35. The van der Waals surface area contributed by atoms with E-state index in [4.69, 9.17) is 9.47 Å². The van der Waals surface area contributed by atoms with E-state index in [0.717, 1.165) is 5.56 Å². The van der Waals surface area contributed by atoms with Gasteiger partial charge in [0.2, 0.25) is 5.91 Å². The number of ether oxygens (including phenoxy) is 2. The van der Waals surface area contributed by atoms with E-state index < -0.39 is 6.17 Å². The Morgan fingerprint density at radius 1 is 1.04 bits per heavy atom. The van der Waals surface area contributed by atoms with Crippen molar-refractivity contribution in [1.82, 2.24) is 4.90 Å². The zero-order valence-corrected chi connectivity index (χ0v) is 14.6. The standard InChI is InChI=1S/C19H20N2O4/c1-12(22)21-15-11-17(25-4)16(24-3)10-14(15)19(23)20(2)18(21)13-8-6-5-7-9-13/h5-11,18H,1-4H3. The Bertz CT molecular complexity index is 820. The van der Waals surface area contributed by atoms with Crippen LogP contribution in [0.5, 0.6) is 11.5 Å². The van der Waals surface area contributed by atoms with Crippen molar-refractivity contribution in [3.63, 3.8) is 0 Å². The van der Waals surface area contributed by atoms with Crippen molar-refractivity contribution in [1.29, 1.82) is 0 Å². The molecule has 0 N–H and O–H groups in total. The molecular weight excluding hydrogens is 320 g/mol. The summed E-state index contributed by atoms with van der Waals surface area (Å²) in [6.07, 6.45) is -0.517. The highest BCUT2D eigenvalue weighted by molar-refractivity contribution is 6.08. The number of hydrogen-bond acceptors (Lipinski definition) is 4. The third-order valence-electron chi connectivity index (χ3n) is 4.36. The van der Waals surface area contributed by atoms with Gasteiger partial charge in [0.25, 0.3) is 5.91 Å². The van der Waals surface area contributed by atoms with E-state index >= 15 is 0 Å². The zero-order valence-electron chi connectivity index (χ0n) is 14.6. The van der Waals surface area contributed by atoms with Crippen molar-refractivity contribution >= 4 is 17.5 Å². The molecule has 1 aliphatic rings. The van der Waals surface area contributed by atoms with Crippen LogP contribution in [-0.2, 0) is 4.79 Å². The summed E-state index contributed by atoms with van der Waals surface area (Å²) in [5, 5.41) is 0. The molecule has 2 amide bonds. The molecule has 1 unspecified atom stereocenters.